The van der Waals surface area contributed by atoms with Crippen molar-refractivity contribution in [3.63, 3.8) is 0 Å². The number of hydrogen-bond donors (Lipinski definition) is 0. The van der Waals surface area contributed by atoms with Crippen LogP contribution in [0.1, 0.15) is 125 Å². The van der Waals surface area contributed by atoms with Crippen LogP contribution in [0, 0.1) is 32.5 Å². The number of rotatable bonds is 4. The second kappa shape index (κ2) is 7.88. The van der Waals surface area contributed by atoms with Crippen LogP contribution in [0.25, 0.3) is 0 Å². The van der Waals surface area contributed by atoms with Crippen molar-refractivity contribution in [3.05, 3.63) is 0 Å². The second-order valence-corrected chi connectivity index (χ2v) is 16.2. The Bertz CT molecular complexity index is 480. The first-order valence-corrected chi connectivity index (χ1v) is 12.7. The molecular weight excluding hydrogens is 388 g/mol. The molecule has 0 atom stereocenters. The second-order valence-electron chi connectivity index (χ2n) is 15.3. The van der Waals surface area contributed by atoms with Crippen molar-refractivity contribution in [3.8, 4) is 0 Å². The van der Waals surface area contributed by atoms with E-state index in [1.165, 1.54) is 0 Å². The van der Waals surface area contributed by atoms with Crippen LogP contribution in [-0.2, 0) is 13.3 Å². The van der Waals surface area contributed by atoms with E-state index >= 15 is 0 Å². The Morgan fingerprint density at radius 3 is 0.600 bits per heavy atom. The summed E-state index contributed by atoms with van der Waals surface area (Å²) < 4.78 is 27.3. The molecule has 0 aromatic rings. The molecule has 0 saturated heterocycles. The minimum atomic E-state index is -2.85. The molecule has 0 N–H and O–H groups in total. The third-order valence-corrected chi connectivity index (χ3v) is 7.76. The molecule has 0 aliphatic heterocycles. The first-order chi connectivity index (χ1) is 12.6. The lowest BCUT2D eigenvalue weighted by molar-refractivity contribution is -0.231. The molecule has 30 heavy (non-hydrogen) atoms. The fourth-order valence-corrected chi connectivity index (χ4v) is 10.3. The monoisotopic (exact) mass is 442 g/mol. The fourth-order valence-electron chi connectivity index (χ4n) is 7.94. The topological polar surface area (TPSA) is 35.5 Å². The Kier molecular flexibility index (Phi) is 7.78. The van der Waals surface area contributed by atoms with Gasteiger partial charge in [-0.2, -0.15) is 0 Å². The summed E-state index contributed by atoms with van der Waals surface area (Å²) in [7, 11) is -2.85. The van der Waals surface area contributed by atoms with Gasteiger partial charge in [0.1, 0.15) is 11.2 Å². The lowest BCUT2D eigenvalue weighted by atomic mass is 9.52. The van der Waals surface area contributed by atoms with Crippen molar-refractivity contribution >= 4 is 9.17 Å². The quantitative estimate of drug-likeness (QED) is 0.412. The van der Waals surface area contributed by atoms with E-state index < -0.39 is 20.4 Å². The third-order valence-electron chi connectivity index (χ3n) is 6.81. The summed E-state index contributed by atoms with van der Waals surface area (Å²) in [4.78, 5) is 0. The number of hydrogen-bond acceptors (Lipinski definition) is 3. The molecule has 0 heterocycles. The van der Waals surface area contributed by atoms with Crippen molar-refractivity contribution in [1.82, 2.24) is 0 Å². The van der Waals surface area contributed by atoms with Gasteiger partial charge in [0.05, 0.1) is 0 Å². The highest BCUT2D eigenvalue weighted by molar-refractivity contribution is 6.26. The van der Waals surface area contributed by atoms with Gasteiger partial charge in [-0.05, 0) is 0 Å². The van der Waals surface area contributed by atoms with Crippen molar-refractivity contribution < 1.29 is 13.3 Å². The predicted molar refractivity (Wildman–Crippen MR) is 131 cm³/mol. The average Bonchev–Trinajstić information content (AvgIpc) is 2.33. The van der Waals surface area contributed by atoms with Gasteiger partial charge in [-0.3, -0.25) is 4.46 Å². The summed E-state index contributed by atoms with van der Waals surface area (Å²) >= 11 is 0. The Hall–Kier alpha value is -0.383. The van der Waals surface area contributed by atoms with E-state index in [0.717, 1.165) is 0 Å². The van der Waals surface area contributed by atoms with E-state index in [-0.39, 0.29) is 32.5 Å². The van der Waals surface area contributed by atoms with Gasteiger partial charge in [-0.25, -0.2) is 0 Å². The van der Waals surface area contributed by atoms with Crippen LogP contribution in [-0.4, -0.2) is 20.4 Å². The van der Waals surface area contributed by atoms with Crippen molar-refractivity contribution in [2.45, 2.75) is 136 Å². The van der Waals surface area contributed by atoms with Crippen LogP contribution < -0.4 is 0 Å². The highest BCUT2D eigenvalue weighted by atomic mass is 28.3. The maximum Gasteiger partial charge on any atom is 0.768 e. The van der Waals surface area contributed by atoms with Crippen LogP contribution in [0.5, 0.6) is 0 Å². The molecule has 0 aromatic heterocycles. The van der Waals surface area contributed by atoms with Gasteiger partial charge in [0.2, 0.25) is 0 Å². The summed E-state index contributed by atoms with van der Waals surface area (Å²) in [6, 6.07) is 0. The summed E-state index contributed by atoms with van der Waals surface area (Å²) in [5.74, 6) is 0. The van der Waals surface area contributed by atoms with Gasteiger partial charge >= 0.3 is 9.17 Å². The molecule has 0 bridgehead atoms. The predicted octanol–water partition coefficient (Wildman–Crippen LogP) is 8.19. The van der Waals surface area contributed by atoms with E-state index in [2.05, 4.69) is 125 Å². The average molecular weight is 443 g/mol. The molecule has 0 radical (unpaired) electrons. The molecule has 0 aliphatic rings. The largest absolute Gasteiger partial charge is 0.768 e. The molecule has 180 valence electrons. The molecule has 3 nitrogen and oxygen atoms in total. The smallest absolute Gasteiger partial charge is 0.489 e. The minimum absolute atomic E-state index is 0.249. The molecule has 0 spiro atoms. The summed E-state index contributed by atoms with van der Waals surface area (Å²) in [6.07, 6.45) is 0. The lowest BCUT2D eigenvalue weighted by Gasteiger charge is -2.62. The van der Waals surface area contributed by atoms with Crippen LogP contribution >= 0.6 is 0 Å². The van der Waals surface area contributed by atoms with Crippen LogP contribution in [0.15, 0.2) is 0 Å². The van der Waals surface area contributed by atoms with E-state index in [1.54, 1.807) is 0 Å². The highest BCUT2D eigenvalue weighted by Gasteiger charge is 2.64. The Balaban J connectivity index is 6.78. The Morgan fingerprint density at radius 2 is 0.500 bits per heavy atom. The standard InChI is InChI=1S/C26H54O3Si/c1-19(2,3)25(20(4,5)6,21(7,8)9)28-30(27)29-26(22(10,11)12,23(13,14)15)24(16,17)18/h1-18H3. The van der Waals surface area contributed by atoms with E-state index in [4.69, 9.17) is 8.85 Å². The van der Waals surface area contributed by atoms with Crippen LogP contribution in [0.2, 0.25) is 0 Å². The third kappa shape index (κ3) is 4.83. The van der Waals surface area contributed by atoms with E-state index in [1.807, 2.05) is 0 Å². The zero-order chi connectivity index (χ0) is 25.0. The van der Waals surface area contributed by atoms with Crippen LogP contribution in [0.4, 0.5) is 0 Å². The molecule has 0 saturated carbocycles. The van der Waals surface area contributed by atoms with Gasteiger partial charge in [0.25, 0.3) is 0 Å². The normalized spacial score (nSPS) is 15.8. The molecule has 0 aromatic carbocycles. The van der Waals surface area contributed by atoms with E-state index in [0.29, 0.717) is 0 Å². The van der Waals surface area contributed by atoms with Crippen molar-refractivity contribution in [1.29, 1.82) is 0 Å². The molecule has 4 heteroatoms. The van der Waals surface area contributed by atoms with Crippen LogP contribution in [0.3, 0.4) is 0 Å². The first kappa shape index (κ1) is 29.6. The molecule has 0 fully saturated rings. The summed E-state index contributed by atoms with van der Waals surface area (Å²) in [6.45, 7) is 39.3. The van der Waals surface area contributed by atoms with Gasteiger partial charge in [-0.1, -0.05) is 125 Å². The van der Waals surface area contributed by atoms with Crippen molar-refractivity contribution in [2.24, 2.45) is 32.5 Å². The fraction of sp³-hybridized carbons (Fsp3) is 1.00. The van der Waals surface area contributed by atoms with Gasteiger partial charge < -0.3 is 8.85 Å². The zero-order valence-corrected chi connectivity index (χ0v) is 24.7. The highest BCUT2D eigenvalue weighted by Crippen LogP contribution is 2.59. The lowest BCUT2D eigenvalue weighted by Crippen LogP contribution is -2.67. The Labute approximate surface area is 191 Å². The molecule has 0 rings (SSSR count). The minimum Gasteiger partial charge on any atom is -0.489 e. The SMILES string of the molecule is CC(C)(C)C(O[Si](=O)OC(C(C)(C)C)(C(C)(C)C)C(C)(C)C)(C(C)(C)C)C(C)(C)C. The Morgan fingerprint density at radius 1 is 0.367 bits per heavy atom. The zero-order valence-electron chi connectivity index (χ0n) is 23.7. The van der Waals surface area contributed by atoms with Gasteiger partial charge in [0.15, 0.2) is 0 Å². The van der Waals surface area contributed by atoms with E-state index in [9.17, 15) is 4.46 Å². The first-order valence-electron chi connectivity index (χ1n) is 11.5. The van der Waals surface area contributed by atoms with Crippen molar-refractivity contribution in [2.75, 3.05) is 0 Å². The van der Waals surface area contributed by atoms with Gasteiger partial charge in [-0.15, -0.1) is 0 Å². The molecular formula is C26H54O3Si. The molecule has 0 amide bonds. The molecule has 0 aliphatic carbocycles. The van der Waals surface area contributed by atoms with Gasteiger partial charge in [0, 0.05) is 32.5 Å². The maximum absolute atomic E-state index is 13.9. The summed E-state index contributed by atoms with van der Waals surface area (Å²) in [5, 5.41) is 0. The maximum atomic E-state index is 13.9. The molecule has 0 unspecified atom stereocenters. The summed E-state index contributed by atoms with van der Waals surface area (Å²) in [5.41, 5.74) is -2.82.